The van der Waals surface area contributed by atoms with Crippen LogP contribution in [0.15, 0.2) is 22.9 Å². The molecule has 1 aliphatic rings. The summed E-state index contributed by atoms with van der Waals surface area (Å²) in [5, 5.41) is 15.3. The third-order valence-corrected chi connectivity index (χ3v) is 5.92. The molecule has 1 aliphatic carbocycles. The van der Waals surface area contributed by atoms with Crippen LogP contribution in [0.5, 0.6) is 0 Å². The van der Waals surface area contributed by atoms with Crippen LogP contribution in [0.3, 0.4) is 0 Å². The number of carbonyl (C=O) groups is 2. The van der Waals surface area contributed by atoms with Crippen LogP contribution in [-0.4, -0.2) is 23.7 Å². The molecule has 2 heterocycles. The summed E-state index contributed by atoms with van der Waals surface area (Å²) in [5.74, 6) is 5.59. The minimum Gasteiger partial charge on any atom is -0.481 e. The van der Waals surface area contributed by atoms with E-state index in [1.54, 1.807) is 22.7 Å². The van der Waals surface area contributed by atoms with Crippen LogP contribution in [0.4, 0.5) is 4.79 Å². The van der Waals surface area contributed by atoms with Crippen molar-refractivity contribution in [2.75, 3.05) is 6.54 Å². The van der Waals surface area contributed by atoms with Gasteiger partial charge in [0.2, 0.25) is 0 Å². The lowest BCUT2D eigenvalue weighted by Crippen LogP contribution is -2.27. The lowest BCUT2D eigenvalue weighted by molar-refractivity contribution is -0.137. The standard InChI is InChI=1S/C19H19NO4S2/c21-17(22)4-2-1-3-9-20-19(23)24-15-12-14-8-10-25-16(14)6-5-13-7-11-26-18(13)15/h7-8,10-11,15H,1-4,9,12H2,(H,20,23)(H,21,22). The van der Waals surface area contributed by atoms with Gasteiger partial charge in [0.15, 0.2) is 0 Å². The van der Waals surface area contributed by atoms with Gasteiger partial charge in [0, 0.05) is 24.9 Å². The fourth-order valence-corrected chi connectivity index (χ4v) is 4.39. The topological polar surface area (TPSA) is 75.6 Å². The Bertz CT molecular complexity index is 843. The van der Waals surface area contributed by atoms with Crippen molar-refractivity contribution in [3.63, 3.8) is 0 Å². The first-order valence-electron chi connectivity index (χ1n) is 8.45. The van der Waals surface area contributed by atoms with Crippen molar-refractivity contribution in [1.82, 2.24) is 5.32 Å². The van der Waals surface area contributed by atoms with Gasteiger partial charge in [-0.2, -0.15) is 0 Å². The molecule has 136 valence electrons. The second-order valence-electron chi connectivity index (χ2n) is 5.95. The summed E-state index contributed by atoms with van der Waals surface area (Å²) in [6.45, 7) is 0.478. The van der Waals surface area contributed by atoms with E-state index in [0.29, 0.717) is 19.4 Å². The maximum Gasteiger partial charge on any atom is 0.407 e. The first-order valence-corrected chi connectivity index (χ1v) is 10.2. The first-order chi connectivity index (χ1) is 12.6. The fraction of sp³-hybridized carbons (Fsp3) is 0.368. The number of nitrogens with one attached hydrogen (secondary N) is 1. The number of hydrogen-bond donors (Lipinski definition) is 2. The van der Waals surface area contributed by atoms with Crippen LogP contribution in [0.25, 0.3) is 0 Å². The summed E-state index contributed by atoms with van der Waals surface area (Å²) >= 11 is 3.15. The molecular weight excluding hydrogens is 370 g/mol. The van der Waals surface area contributed by atoms with Gasteiger partial charge < -0.3 is 15.2 Å². The van der Waals surface area contributed by atoms with Gasteiger partial charge in [-0.1, -0.05) is 18.3 Å². The molecule has 2 aromatic heterocycles. The van der Waals surface area contributed by atoms with Crippen molar-refractivity contribution < 1.29 is 19.4 Å². The summed E-state index contributed by atoms with van der Waals surface area (Å²) in [5.41, 5.74) is 2.02. The van der Waals surface area contributed by atoms with E-state index in [0.717, 1.165) is 33.7 Å². The van der Waals surface area contributed by atoms with E-state index in [1.807, 2.05) is 22.9 Å². The van der Waals surface area contributed by atoms with E-state index < -0.39 is 12.1 Å². The van der Waals surface area contributed by atoms with Gasteiger partial charge >= 0.3 is 12.1 Å². The number of rotatable bonds is 7. The maximum absolute atomic E-state index is 12.2. The van der Waals surface area contributed by atoms with Crippen molar-refractivity contribution in [2.24, 2.45) is 0 Å². The number of aliphatic carboxylic acids is 1. The fourth-order valence-electron chi connectivity index (χ4n) is 2.73. The average Bonchev–Trinajstić information content (AvgIpc) is 3.22. The lowest BCUT2D eigenvalue weighted by Gasteiger charge is -2.18. The molecule has 2 aromatic rings. The normalized spacial score (nSPS) is 14.8. The molecule has 1 unspecified atom stereocenters. The molecule has 1 amide bonds. The number of carbonyl (C=O) groups excluding carboxylic acids is 1. The molecule has 7 heteroatoms. The molecule has 0 saturated carbocycles. The van der Waals surface area contributed by atoms with Gasteiger partial charge in [-0.3, -0.25) is 4.79 Å². The van der Waals surface area contributed by atoms with E-state index in [2.05, 4.69) is 17.2 Å². The molecule has 0 spiro atoms. The van der Waals surface area contributed by atoms with Gasteiger partial charge in [-0.25, -0.2) is 4.79 Å². The van der Waals surface area contributed by atoms with Crippen LogP contribution < -0.4 is 5.32 Å². The van der Waals surface area contributed by atoms with Gasteiger partial charge in [0.1, 0.15) is 6.10 Å². The third kappa shape index (κ3) is 4.87. The number of hydrogen-bond acceptors (Lipinski definition) is 5. The molecular formula is C19H19NO4S2. The SMILES string of the molecule is O=C(O)CCCCCNC(=O)OC1Cc2ccsc2C#Cc2ccsc21. The zero-order valence-corrected chi connectivity index (χ0v) is 15.8. The number of thiophene rings is 2. The van der Waals surface area contributed by atoms with Crippen LogP contribution in [0, 0.1) is 11.8 Å². The van der Waals surface area contributed by atoms with Crippen LogP contribution >= 0.6 is 22.7 Å². The predicted octanol–water partition coefficient (Wildman–Crippen LogP) is 4.18. The Morgan fingerprint density at radius 2 is 2.04 bits per heavy atom. The molecule has 5 nitrogen and oxygen atoms in total. The van der Waals surface area contributed by atoms with Crippen molar-refractivity contribution in [1.29, 1.82) is 0 Å². The van der Waals surface area contributed by atoms with Gasteiger partial charge in [0.25, 0.3) is 0 Å². The highest BCUT2D eigenvalue weighted by Gasteiger charge is 2.24. The van der Waals surface area contributed by atoms with Gasteiger partial charge in [-0.05, 0) is 41.3 Å². The van der Waals surface area contributed by atoms with E-state index in [9.17, 15) is 9.59 Å². The number of ether oxygens (including phenoxy) is 1. The van der Waals surface area contributed by atoms with Crippen molar-refractivity contribution >= 4 is 34.7 Å². The highest BCUT2D eigenvalue weighted by Crippen LogP contribution is 2.33. The second kappa shape index (κ2) is 8.88. The Morgan fingerprint density at radius 1 is 1.19 bits per heavy atom. The number of fused-ring (bicyclic) bond motifs is 2. The number of amides is 1. The minimum absolute atomic E-state index is 0.164. The number of carboxylic acids is 1. The molecule has 0 aliphatic heterocycles. The molecule has 0 bridgehead atoms. The Morgan fingerprint density at radius 3 is 2.88 bits per heavy atom. The van der Waals surface area contributed by atoms with Crippen molar-refractivity contribution in [2.45, 2.75) is 38.2 Å². The average molecular weight is 389 g/mol. The Labute approximate surface area is 160 Å². The molecule has 0 saturated heterocycles. The second-order valence-corrected chi connectivity index (χ2v) is 7.82. The summed E-state index contributed by atoms with van der Waals surface area (Å²) in [6.07, 6.45) is 2.10. The van der Waals surface area contributed by atoms with Crippen molar-refractivity contribution in [3.05, 3.63) is 43.8 Å². The third-order valence-electron chi connectivity index (χ3n) is 4.04. The summed E-state index contributed by atoms with van der Waals surface area (Å²) in [4.78, 5) is 24.6. The highest BCUT2D eigenvalue weighted by atomic mass is 32.1. The minimum atomic E-state index is -0.788. The van der Waals surface area contributed by atoms with E-state index >= 15 is 0 Å². The Balaban J connectivity index is 1.55. The van der Waals surface area contributed by atoms with Crippen molar-refractivity contribution in [3.8, 4) is 11.8 Å². The Kier molecular flexibility index (Phi) is 6.31. The predicted molar refractivity (Wildman–Crippen MR) is 102 cm³/mol. The summed E-state index contributed by atoms with van der Waals surface area (Å²) in [6, 6.07) is 3.99. The monoisotopic (exact) mass is 389 g/mol. The first kappa shape index (κ1) is 18.5. The summed E-state index contributed by atoms with van der Waals surface area (Å²) in [7, 11) is 0. The smallest absolute Gasteiger partial charge is 0.407 e. The van der Waals surface area contributed by atoms with E-state index in [4.69, 9.17) is 9.84 Å². The maximum atomic E-state index is 12.2. The van der Waals surface area contributed by atoms with Crippen LogP contribution in [0.1, 0.15) is 52.7 Å². The number of unbranched alkanes of at least 4 members (excludes halogenated alkanes) is 2. The Hall–Kier alpha value is -2.30. The summed E-state index contributed by atoms with van der Waals surface area (Å²) < 4.78 is 5.69. The molecule has 1 atom stereocenters. The molecule has 26 heavy (non-hydrogen) atoms. The zero-order valence-electron chi connectivity index (χ0n) is 14.1. The van der Waals surface area contributed by atoms with E-state index in [-0.39, 0.29) is 12.5 Å². The number of alkyl carbamates (subject to hydrolysis) is 1. The quantitative estimate of drug-likeness (QED) is 0.550. The highest BCUT2D eigenvalue weighted by molar-refractivity contribution is 7.11. The van der Waals surface area contributed by atoms with Crippen LogP contribution in [0.2, 0.25) is 0 Å². The van der Waals surface area contributed by atoms with Gasteiger partial charge in [0.05, 0.1) is 9.75 Å². The molecule has 3 rings (SSSR count). The lowest BCUT2D eigenvalue weighted by atomic mass is 10.0. The molecule has 0 aromatic carbocycles. The van der Waals surface area contributed by atoms with E-state index in [1.165, 1.54) is 0 Å². The largest absolute Gasteiger partial charge is 0.481 e. The number of carboxylic acid groups (broad SMARTS) is 1. The zero-order chi connectivity index (χ0) is 18.4. The molecule has 0 radical (unpaired) electrons. The molecule has 2 N–H and O–H groups in total. The van der Waals surface area contributed by atoms with Gasteiger partial charge in [-0.15, -0.1) is 22.7 Å². The van der Waals surface area contributed by atoms with Crippen LogP contribution in [-0.2, 0) is 16.0 Å². The molecule has 0 fully saturated rings.